The van der Waals surface area contributed by atoms with E-state index < -0.39 is 12.2 Å². The Morgan fingerprint density at radius 2 is 1.69 bits per heavy atom. The lowest BCUT2D eigenvalue weighted by atomic mass is 10.1. The predicted octanol–water partition coefficient (Wildman–Crippen LogP) is 2.88. The highest BCUT2D eigenvalue weighted by Crippen LogP contribution is 2.35. The fourth-order valence-electron chi connectivity index (χ4n) is 4.87. The van der Waals surface area contributed by atoms with E-state index in [-0.39, 0.29) is 18.5 Å². The van der Waals surface area contributed by atoms with Crippen molar-refractivity contribution in [3.63, 3.8) is 0 Å². The van der Waals surface area contributed by atoms with E-state index in [1.54, 1.807) is 26.2 Å². The molecule has 182 valence electrons. The molecule has 1 fully saturated rings. The van der Waals surface area contributed by atoms with Gasteiger partial charge in [0.25, 0.3) is 5.91 Å². The molecule has 35 heavy (non-hydrogen) atoms. The Morgan fingerprint density at radius 1 is 0.943 bits per heavy atom. The Balaban J connectivity index is 1.34. The number of carbonyl (C=O) groups excluding carboxylic acids is 2. The summed E-state index contributed by atoms with van der Waals surface area (Å²) in [6.07, 6.45) is 2.15. The maximum Gasteiger partial charge on any atom is 0.328 e. The summed E-state index contributed by atoms with van der Waals surface area (Å²) in [7, 11) is 4.95. The summed E-state index contributed by atoms with van der Waals surface area (Å²) in [5, 5.41) is 0. The summed E-state index contributed by atoms with van der Waals surface area (Å²) < 4.78 is 10.8. The summed E-state index contributed by atoms with van der Waals surface area (Å²) in [4.78, 5) is 38.3. The van der Waals surface area contributed by atoms with Crippen molar-refractivity contribution >= 4 is 17.9 Å². The zero-order valence-electron chi connectivity index (χ0n) is 20.3. The van der Waals surface area contributed by atoms with E-state index in [9.17, 15) is 9.59 Å². The predicted molar refractivity (Wildman–Crippen MR) is 131 cm³/mol. The summed E-state index contributed by atoms with van der Waals surface area (Å²) in [5.41, 5.74) is 3.01. The SMILES string of the molecule is COc1ccc(CCN2C(C)=CN3C2=NC2C3C(=O)N(Cc3ccccc3)C(=O)N2C)cc1OC. The number of fused-ring (bicyclic) bond motifs is 3. The van der Waals surface area contributed by atoms with Crippen molar-refractivity contribution in [1.29, 1.82) is 0 Å². The molecule has 0 saturated carbocycles. The maximum atomic E-state index is 13.5. The Bertz CT molecular complexity index is 1210. The number of hydrogen-bond donors (Lipinski definition) is 0. The molecule has 9 nitrogen and oxygen atoms in total. The van der Waals surface area contributed by atoms with Crippen molar-refractivity contribution in [3.05, 3.63) is 71.6 Å². The summed E-state index contributed by atoms with van der Waals surface area (Å²) >= 11 is 0. The van der Waals surface area contributed by atoms with E-state index in [2.05, 4.69) is 4.90 Å². The lowest BCUT2D eigenvalue weighted by Crippen LogP contribution is -2.63. The lowest BCUT2D eigenvalue weighted by molar-refractivity contribution is -0.137. The van der Waals surface area contributed by atoms with Crippen LogP contribution >= 0.6 is 0 Å². The smallest absolute Gasteiger partial charge is 0.328 e. The third kappa shape index (κ3) is 3.86. The molecule has 0 aromatic heterocycles. The fourth-order valence-corrected chi connectivity index (χ4v) is 4.87. The van der Waals surface area contributed by atoms with Gasteiger partial charge in [-0.1, -0.05) is 36.4 Å². The zero-order valence-corrected chi connectivity index (χ0v) is 20.3. The van der Waals surface area contributed by atoms with Crippen LogP contribution in [-0.4, -0.2) is 77.5 Å². The molecule has 0 bridgehead atoms. The van der Waals surface area contributed by atoms with Gasteiger partial charge in [-0.3, -0.25) is 9.69 Å². The van der Waals surface area contributed by atoms with Crippen LogP contribution in [0.25, 0.3) is 0 Å². The first-order valence-corrected chi connectivity index (χ1v) is 11.6. The van der Waals surface area contributed by atoms with Gasteiger partial charge < -0.3 is 24.2 Å². The number of imide groups is 1. The molecule has 9 heteroatoms. The monoisotopic (exact) mass is 475 g/mol. The highest BCUT2D eigenvalue weighted by atomic mass is 16.5. The van der Waals surface area contributed by atoms with Gasteiger partial charge in [0.05, 0.1) is 20.8 Å². The third-order valence-electron chi connectivity index (χ3n) is 6.76. The number of urea groups is 1. The largest absolute Gasteiger partial charge is 0.493 e. The summed E-state index contributed by atoms with van der Waals surface area (Å²) in [6.45, 7) is 2.92. The van der Waals surface area contributed by atoms with Gasteiger partial charge in [0.15, 0.2) is 23.7 Å². The molecule has 0 aliphatic carbocycles. The molecule has 1 saturated heterocycles. The highest BCUT2D eigenvalue weighted by molar-refractivity contribution is 6.04. The van der Waals surface area contributed by atoms with E-state index >= 15 is 0 Å². The first-order chi connectivity index (χ1) is 16.9. The van der Waals surface area contributed by atoms with Crippen LogP contribution < -0.4 is 9.47 Å². The van der Waals surface area contributed by atoms with Crippen LogP contribution in [0, 0.1) is 0 Å². The van der Waals surface area contributed by atoms with E-state index in [4.69, 9.17) is 14.5 Å². The van der Waals surface area contributed by atoms with Gasteiger partial charge >= 0.3 is 6.03 Å². The van der Waals surface area contributed by atoms with Crippen LogP contribution in [0.1, 0.15) is 18.1 Å². The number of aliphatic imine (C=N–C) groups is 1. The van der Waals surface area contributed by atoms with Crippen molar-refractivity contribution in [2.24, 2.45) is 4.99 Å². The normalized spacial score (nSPS) is 21.1. The maximum absolute atomic E-state index is 13.5. The van der Waals surface area contributed by atoms with Crippen molar-refractivity contribution in [2.75, 3.05) is 27.8 Å². The van der Waals surface area contributed by atoms with Crippen molar-refractivity contribution in [1.82, 2.24) is 19.6 Å². The molecular weight excluding hydrogens is 446 g/mol. The Morgan fingerprint density at radius 3 is 2.40 bits per heavy atom. The van der Waals surface area contributed by atoms with Gasteiger partial charge in [-0.15, -0.1) is 0 Å². The summed E-state index contributed by atoms with van der Waals surface area (Å²) in [5.74, 6) is 1.85. The molecule has 2 aromatic rings. The fraction of sp³-hybridized carbons (Fsp3) is 0.346. The quantitative estimate of drug-likeness (QED) is 0.613. The molecule has 2 atom stereocenters. The standard InChI is InChI=1S/C26H29N5O4/c1-17-15-30-22-23(28(2)26(33)31(24(22)32)16-19-8-6-5-7-9-19)27-25(30)29(17)13-12-18-10-11-20(34-3)21(14-18)35-4/h5-11,14-15,22-23H,12-13,16H2,1-4H3. The average Bonchev–Trinajstić information content (AvgIpc) is 3.39. The first-order valence-electron chi connectivity index (χ1n) is 11.6. The number of amides is 3. The Hall–Kier alpha value is -4.01. The van der Waals surface area contributed by atoms with Crippen LogP contribution in [0.5, 0.6) is 11.5 Å². The number of methoxy groups -OCH3 is 2. The van der Waals surface area contributed by atoms with Crippen LogP contribution in [0.4, 0.5) is 4.79 Å². The second-order valence-electron chi connectivity index (χ2n) is 8.86. The molecule has 3 amide bonds. The number of guanidine groups is 1. The van der Waals surface area contributed by atoms with Crippen molar-refractivity contribution in [2.45, 2.75) is 32.1 Å². The molecule has 5 rings (SSSR count). The first kappa shape index (κ1) is 22.8. The van der Waals surface area contributed by atoms with Gasteiger partial charge in [-0.2, -0.15) is 0 Å². The van der Waals surface area contributed by atoms with Crippen LogP contribution in [0.2, 0.25) is 0 Å². The number of allylic oxidation sites excluding steroid dienone is 1. The van der Waals surface area contributed by atoms with Gasteiger partial charge in [0.1, 0.15) is 0 Å². The van der Waals surface area contributed by atoms with Crippen molar-refractivity contribution in [3.8, 4) is 11.5 Å². The number of rotatable bonds is 7. The molecule has 0 radical (unpaired) electrons. The van der Waals surface area contributed by atoms with Gasteiger partial charge in [0, 0.05) is 25.5 Å². The Kier molecular flexibility index (Phi) is 5.84. The van der Waals surface area contributed by atoms with E-state index in [1.165, 1.54) is 4.90 Å². The lowest BCUT2D eigenvalue weighted by Gasteiger charge is -2.40. The van der Waals surface area contributed by atoms with Gasteiger partial charge in [-0.25, -0.2) is 9.79 Å². The van der Waals surface area contributed by atoms with E-state index in [1.807, 2.05) is 66.6 Å². The molecule has 3 heterocycles. The number of nitrogens with zero attached hydrogens (tertiary/aromatic N) is 5. The molecule has 3 aliphatic rings. The summed E-state index contributed by atoms with van der Waals surface area (Å²) in [6, 6.07) is 14.5. The van der Waals surface area contributed by atoms with Gasteiger partial charge in [0.2, 0.25) is 5.96 Å². The second-order valence-corrected chi connectivity index (χ2v) is 8.86. The minimum Gasteiger partial charge on any atom is -0.493 e. The number of carbonyl (C=O) groups is 2. The molecule has 0 N–H and O–H groups in total. The third-order valence-corrected chi connectivity index (χ3v) is 6.76. The molecule has 2 aromatic carbocycles. The second kappa shape index (κ2) is 8.98. The molecule has 0 spiro atoms. The number of likely N-dealkylation sites (N-methyl/N-ethyl adjacent to an activating group) is 1. The van der Waals surface area contributed by atoms with Crippen LogP contribution in [0.15, 0.2) is 65.4 Å². The van der Waals surface area contributed by atoms with Gasteiger partial charge in [-0.05, 0) is 36.6 Å². The van der Waals surface area contributed by atoms with E-state index in [0.717, 1.165) is 23.2 Å². The zero-order chi connectivity index (χ0) is 24.7. The van der Waals surface area contributed by atoms with Crippen LogP contribution in [0.3, 0.4) is 0 Å². The minimum atomic E-state index is -0.572. The minimum absolute atomic E-state index is 0.230. The molecule has 3 aliphatic heterocycles. The van der Waals surface area contributed by atoms with Crippen molar-refractivity contribution < 1.29 is 19.1 Å². The Labute approximate surface area is 204 Å². The number of hydrogen-bond acceptors (Lipinski definition) is 7. The number of benzene rings is 2. The highest BCUT2D eigenvalue weighted by Gasteiger charge is 2.54. The average molecular weight is 476 g/mol. The topological polar surface area (TPSA) is 77.9 Å². The molecular formula is C26H29N5O4. The number of ether oxygens (including phenoxy) is 2. The van der Waals surface area contributed by atoms with E-state index in [0.29, 0.717) is 24.0 Å². The van der Waals surface area contributed by atoms with Crippen LogP contribution in [-0.2, 0) is 17.8 Å². The molecule has 2 unspecified atom stereocenters.